The van der Waals surface area contributed by atoms with Gasteiger partial charge in [0, 0.05) is 5.75 Å². The first kappa shape index (κ1) is 15.6. The zero-order valence-electron chi connectivity index (χ0n) is 11.6. The Bertz CT molecular complexity index is 467. The van der Waals surface area contributed by atoms with Gasteiger partial charge in [0.25, 0.3) is 0 Å². The number of ether oxygens (including phenoxy) is 1. The number of rotatable bonds is 6. The highest BCUT2D eigenvalue weighted by Gasteiger charge is 2.17. The van der Waals surface area contributed by atoms with Gasteiger partial charge in [-0.25, -0.2) is 0 Å². The molecule has 1 aromatic rings. The number of hydrogen-bond donors (Lipinski definition) is 0. The summed E-state index contributed by atoms with van der Waals surface area (Å²) in [4.78, 5) is 11.8. The topological polar surface area (TPSA) is 50.1 Å². The Morgan fingerprint density at radius 1 is 1.42 bits per heavy atom. The number of hydrogen-bond acceptors (Lipinski definition) is 4. The molecule has 0 spiro atoms. The maximum Gasteiger partial charge on any atom is 0.319 e. The van der Waals surface area contributed by atoms with Crippen molar-refractivity contribution < 1.29 is 9.53 Å². The summed E-state index contributed by atoms with van der Waals surface area (Å²) in [6.07, 6.45) is 0.780. The maximum absolute atomic E-state index is 11.8. The van der Waals surface area contributed by atoms with Gasteiger partial charge in [-0.1, -0.05) is 25.1 Å². The lowest BCUT2D eigenvalue weighted by atomic mass is 10.1. The molecule has 0 radical (unpaired) electrons. The van der Waals surface area contributed by atoms with Gasteiger partial charge < -0.3 is 4.74 Å². The fourth-order valence-corrected chi connectivity index (χ4v) is 2.29. The first-order chi connectivity index (χ1) is 9.08. The highest BCUT2D eigenvalue weighted by Crippen LogP contribution is 2.21. The van der Waals surface area contributed by atoms with Crippen LogP contribution in [0.2, 0.25) is 0 Å². The van der Waals surface area contributed by atoms with Gasteiger partial charge in [-0.05, 0) is 31.9 Å². The van der Waals surface area contributed by atoms with Crippen LogP contribution in [0.15, 0.2) is 24.3 Å². The van der Waals surface area contributed by atoms with E-state index in [0.29, 0.717) is 11.3 Å². The lowest BCUT2D eigenvalue weighted by Crippen LogP contribution is -2.22. The largest absolute Gasteiger partial charge is 0.462 e. The van der Waals surface area contributed by atoms with Crippen LogP contribution in [0.3, 0.4) is 0 Å². The van der Waals surface area contributed by atoms with Crippen molar-refractivity contribution in [2.75, 3.05) is 0 Å². The molecular formula is C15H19NO2S. The zero-order chi connectivity index (χ0) is 14.3. The number of benzene rings is 1. The summed E-state index contributed by atoms with van der Waals surface area (Å²) in [7, 11) is 0. The minimum absolute atomic E-state index is 0.0399. The maximum atomic E-state index is 11.8. The van der Waals surface area contributed by atoms with Crippen LogP contribution in [0.1, 0.15) is 38.3 Å². The van der Waals surface area contributed by atoms with Crippen molar-refractivity contribution in [1.29, 1.82) is 5.26 Å². The van der Waals surface area contributed by atoms with Gasteiger partial charge >= 0.3 is 5.97 Å². The molecule has 0 N–H and O–H groups in total. The molecule has 2 unspecified atom stereocenters. The van der Waals surface area contributed by atoms with Gasteiger partial charge in [0.05, 0.1) is 23.0 Å². The van der Waals surface area contributed by atoms with E-state index in [1.165, 1.54) is 11.8 Å². The van der Waals surface area contributed by atoms with Crippen molar-refractivity contribution in [2.24, 2.45) is 0 Å². The second-order valence-corrected chi connectivity index (χ2v) is 5.71. The number of nitriles is 1. The molecule has 0 fully saturated rings. The third-order valence-electron chi connectivity index (χ3n) is 2.85. The van der Waals surface area contributed by atoms with Crippen molar-refractivity contribution in [3.63, 3.8) is 0 Å². The van der Waals surface area contributed by atoms with Crippen LogP contribution in [0.25, 0.3) is 0 Å². The summed E-state index contributed by atoms with van der Waals surface area (Å²) in [5.74, 6) is 0.453. The van der Waals surface area contributed by atoms with Gasteiger partial charge in [0.15, 0.2) is 0 Å². The average Bonchev–Trinajstić information content (AvgIpc) is 2.44. The van der Waals surface area contributed by atoms with Crippen molar-refractivity contribution >= 4 is 17.7 Å². The monoisotopic (exact) mass is 277 g/mol. The molecule has 19 heavy (non-hydrogen) atoms. The molecular weight excluding hydrogens is 258 g/mol. The summed E-state index contributed by atoms with van der Waals surface area (Å²) in [5, 5.41) is 8.77. The summed E-state index contributed by atoms with van der Waals surface area (Å²) < 4.78 is 5.28. The van der Waals surface area contributed by atoms with Crippen molar-refractivity contribution in [3.05, 3.63) is 35.4 Å². The van der Waals surface area contributed by atoms with E-state index in [1.807, 2.05) is 39.0 Å². The van der Waals surface area contributed by atoms with Crippen LogP contribution in [0.4, 0.5) is 0 Å². The second kappa shape index (κ2) is 7.85. The molecule has 3 nitrogen and oxygen atoms in total. The van der Waals surface area contributed by atoms with E-state index in [9.17, 15) is 4.79 Å². The molecule has 0 heterocycles. The normalized spacial score (nSPS) is 13.4. The number of carbonyl (C=O) groups excluding carboxylic acids is 1. The predicted octanol–water partition coefficient (Wildman–Crippen LogP) is 3.52. The van der Waals surface area contributed by atoms with E-state index in [0.717, 1.165) is 12.0 Å². The van der Waals surface area contributed by atoms with E-state index in [1.54, 1.807) is 6.07 Å². The van der Waals surface area contributed by atoms with Crippen LogP contribution in [0.5, 0.6) is 0 Å². The highest BCUT2D eigenvalue weighted by atomic mass is 32.2. The Labute approximate surface area is 119 Å². The molecule has 1 rings (SSSR count). The average molecular weight is 277 g/mol. The minimum atomic E-state index is -0.222. The summed E-state index contributed by atoms with van der Waals surface area (Å²) in [6, 6.07) is 9.61. The smallest absolute Gasteiger partial charge is 0.319 e. The van der Waals surface area contributed by atoms with Crippen LogP contribution < -0.4 is 0 Å². The Morgan fingerprint density at radius 3 is 2.74 bits per heavy atom. The fraction of sp³-hybridized carbons (Fsp3) is 0.467. The molecule has 4 heteroatoms. The summed E-state index contributed by atoms with van der Waals surface area (Å²) in [5.41, 5.74) is 1.62. The molecule has 0 bridgehead atoms. The Hall–Kier alpha value is -1.47. The zero-order valence-corrected chi connectivity index (χ0v) is 12.4. The standard InChI is InChI=1S/C15H19NO2S/c1-4-11(2)18-15(17)12(3)19-10-14-8-6-5-7-13(14)9-16/h5-8,11-12H,4,10H2,1-3H3. The minimum Gasteiger partial charge on any atom is -0.462 e. The Morgan fingerprint density at radius 2 is 2.11 bits per heavy atom. The third-order valence-corrected chi connectivity index (χ3v) is 4.02. The molecule has 0 saturated carbocycles. The van der Waals surface area contributed by atoms with Crippen LogP contribution in [0, 0.1) is 11.3 Å². The molecule has 0 aliphatic carbocycles. The molecule has 0 aliphatic rings. The van der Waals surface area contributed by atoms with E-state index < -0.39 is 0 Å². The quantitative estimate of drug-likeness (QED) is 0.746. The molecule has 102 valence electrons. The molecule has 0 aromatic heterocycles. The van der Waals surface area contributed by atoms with Crippen LogP contribution in [-0.2, 0) is 15.3 Å². The predicted molar refractivity (Wildman–Crippen MR) is 77.8 cm³/mol. The molecule has 0 amide bonds. The highest BCUT2D eigenvalue weighted by molar-refractivity contribution is 7.99. The van der Waals surface area contributed by atoms with Crippen molar-refractivity contribution in [3.8, 4) is 6.07 Å². The van der Waals surface area contributed by atoms with Gasteiger partial charge in [-0.2, -0.15) is 5.26 Å². The van der Waals surface area contributed by atoms with Crippen molar-refractivity contribution in [1.82, 2.24) is 0 Å². The Kier molecular flexibility index (Phi) is 6.44. The second-order valence-electron chi connectivity index (χ2n) is 4.38. The molecule has 1 aromatic carbocycles. The van der Waals surface area contributed by atoms with Crippen LogP contribution in [-0.4, -0.2) is 17.3 Å². The van der Waals surface area contributed by atoms with E-state index >= 15 is 0 Å². The molecule has 0 aliphatic heterocycles. The molecule has 0 saturated heterocycles. The SMILES string of the molecule is CCC(C)OC(=O)C(C)SCc1ccccc1C#N. The van der Waals surface area contributed by atoms with Crippen LogP contribution >= 0.6 is 11.8 Å². The number of thioether (sulfide) groups is 1. The lowest BCUT2D eigenvalue weighted by Gasteiger charge is -2.15. The molecule has 2 atom stereocenters. The third kappa shape index (κ3) is 4.96. The number of esters is 1. The summed E-state index contributed by atoms with van der Waals surface area (Å²) in [6.45, 7) is 5.71. The van der Waals surface area contributed by atoms with E-state index in [4.69, 9.17) is 10.00 Å². The van der Waals surface area contributed by atoms with Gasteiger partial charge in [0.1, 0.15) is 0 Å². The number of carbonyl (C=O) groups is 1. The van der Waals surface area contributed by atoms with E-state index in [2.05, 4.69) is 6.07 Å². The van der Waals surface area contributed by atoms with Gasteiger partial charge in [-0.15, -0.1) is 11.8 Å². The van der Waals surface area contributed by atoms with Gasteiger partial charge in [-0.3, -0.25) is 4.79 Å². The van der Waals surface area contributed by atoms with Gasteiger partial charge in [0.2, 0.25) is 0 Å². The number of nitrogens with zero attached hydrogens (tertiary/aromatic N) is 1. The fourth-order valence-electron chi connectivity index (χ4n) is 1.42. The lowest BCUT2D eigenvalue weighted by molar-refractivity contribution is -0.147. The first-order valence-electron chi connectivity index (χ1n) is 6.38. The van der Waals surface area contributed by atoms with Crippen molar-refractivity contribution in [2.45, 2.75) is 44.3 Å². The first-order valence-corrected chi connectivity index (χ1v) is 7.43. The summed E-state index contributed by atoms with van der Waals surface area (Å²) >= 11 is 1.49. The Balaban J connectivity index is 2.52. The van der Waals surface area contributed by atoms with E-state index in [-0.39, 0.29) is 17.3 Å².